The van der Waals surface area contributed by atoms with E-state index in [0.29, 0.717) is 20.6 Å². The van der Waals surface area contributed by atoms with Gasteiger partial charge in [-0.2, -0.15) is 5.26 Å². The number of rotatable bonds is 2. The molecular weight excluding hydrogens is 389 g/mol. The summed E-state index contributed by atoms with van der Waals surface area (Å²) in [6, 6.07) is 7.00. The molecule has 0 atom stereocenters. The predicted molar refractivity (Wildman–Crippen MR) is 107 cm³/mol. The third-order valence-corrected chi connectivity index (χ3v) is 6.39. The number of nitrogens with zero attached hydrogens (tertiary/aromatic N) is 1. The van der Waals surface area contributed by atoms with Gasteiger partial charge in [-0.3, -0.25) is 4.79 Å². The van der Waals surface area contributed by atoms with E-state index in [1.54, 1.807) is 12.1 Å². The van der Waals surface area contributed by atoms with Gasteiger partial charge in [0.1, 0.15) is 11.1 Å². The highest BCUT2D eigenvalue weighted by molar-refractivity contribution is 7.17. The first-order valence-corrected chi connectivity index (χ1v) is 9.73. The van der Waals surface area contributed by atoms with Gasteiger partial charge in [-0.15, -0.1) is 11.3 Å². The van der Waals surface area contributed by atoms with Crippen LogP contribution in [0.2, 0.25) is 10.0 Å². The Hall–Kier alpha value is -1.58. The Morgan fingerprint density at radius 3 is 2.65 bits per heavy atom. The highest BCUT2D eigenvalue weighted by atomic mass is 35.5. The highest BCUT2D eigenvalue weighted by Gasteiger charge is 2.40. The van der Waals surface area contributed by atoms with E-state index in [1.807, 2.05) is 0 Å². The lowest BCUT2D eigenvalue weighted by Crippen LogP contribution is -2.54. The zero-order chi connectivity index (χ0) is 19.3. The number of hydrogen-bond acceptors (Lipinski definition) is 4. The van der Waals surface area contributed by atoms with Gasteiger partial charge < -0.3 is 10.6 Å². The summed E-state index contributed by atoms with van der Waals surface area (Å²) in [4.78, 5) is 13.8. The molecule has 0 aliphatic carbocycles. The van der Waals surface area contributed by atoms with Crippen LogP contribution in [0.15, 0.2) is 18.2 Å². The number of fused-ring (bicyclic) bond motifs is 1. The Balaban J connectivity index is 2.03. The van der Waals surface area contributed by atoms with Crippen molar-refractivity contribution >= 4 is 45.4 Å². The summed E-state index contributed by atoms with van der Waals surface area (Å²) in [6.07, 6.45) is 0.721. The van der Waals surface area contributed by atoms with Crippen LogP contribution in [0.25, 0.3) is 0 Å². The highest BCUT2D eigenvalue weighted by Crippen LogP contribution is 2.44. The molecule has 0 saturated heterocycles. The van der Waals surface area contributed by atoms with Crippen LogP contribution in [0.1, 0.15) is 54.1 Å². The summed E-state index contributed by atoms with van der Waals surface area (Å²) >= 11 is 13.5. The molecule has 0 spiro atoms. The molecule has 0 unspecified atom stereocenters. The number of benzene rings is 1. The number of carbonyl (C=O) groups is 1. The van der Waals surface area contributed by atoms with E-state index >= 15 is 0 Å². The molecule has 26 heavy (non-hydrogen) atoms. The van der Waals surface area contributed by atoms with Crippen molar-refractivity contribution in [3.63, 3.8) is 0 Å². The number of nitrogens with one attached hydrogen (secondary N) is 2. The normalized spacial score (nSPS) is 17.3. The first-order chi connectivity index (χ1) is 12.0. The lowest BCUT2D eigenvalue weighted by Gasteiger charge is -2.42. The van der Waals surface area contributed by atoms with Gasteiger partial charge in [0.05, 0.1) is 16.1 Å². The zero-order valence-electron chi connectivity index (χ0n) is 15.0. The fourth-order valence-electron chi connectivity index (χ4n) is 3.58. The third-order valence-electron chi connectivity index (χ3n) is 4.36. The molecule has 7 heteroatoms. The Morgan fingerprint density at radius 2 is 2.00 bits per heavy atom. The van der Waals surface area contributed by atoms with Crippen molar-refractivity contribution in [3.8, 4) is 6.07 Å². The molecule has 0 fully saturated rings. The molecule has 1 aliphatic rings. The van der Waals surface area contributed by atoms with Gasteiger partial charge in [0.2, 0.25) is 0 Å². The minimum Gasteiger partial charge on any atom is -0.312 e. The summed E-state index contributed by atoms with van der Waals surface area (Å²) in [7, 11) is 0. The fourth-order valence-corrected chi connectivity index (χ4v) is 5.17. The number of halogens is 2. The van der Waals surface area contributed by atoms with Crippen LogP contribution in [-0.4, -0.2) is 11.4 Å². The molecule has 0 radical (unpaired) electrons. The smallest absolute Gasteiger partial charge is 0.257 e. The lowest BCUT2D eigenvalue weighted by atomic mass is 9.81. The molecule has 1 aromatic carbocycles. The lowest BCUT2D eigenvalue weighted by molar-refractivity contribution is 0.102. The van der Waals surface area contributed by atoms with E-state index in [9.17, 15) is 10.1 Å². The van der Waals surface area contributed by atoms with Crippen molar-refractivity contribution in [1.82, 2.24) is 5.32 Å². The van der Waals surface area contributed by atoms with Gasteiger partial charge in [-0.05, 0) is 57.9 Å². The molecule has 136 valence electrons. The molecule has 4 nitrogen and oxygen atoms in total. The van der Waals surface area contributed by atoms with Crippen LogP contribution in [0.4, 0.5) is 5.00 Å². The van der Waals surface area contributed by atoms with Crippen molar-refractivity contribution in [1.29, 1.82) is 5.26 Å². The standard InChI is InChI=1S/C19H19Cl2N3OS/c1-18(2)8-12-13(9-22)17(26-15(12)19(3,4)24-18)23-16(25)11-7-10(20)5-6-14(11)21/h5-7,24H,8H2,1-4H3,(H,23,25). The second-order valence-corrected chi connectivity index (χ2v) is 9.48. The van der Waals surface area contributed by atoms with Gasteiger partial charge in [0.25, 0.3) is 5.91 Å². The summed E-state index contributed by atoms with van der Waals surface area (Å²) in [5, 5.41) is 17.5. The monoisotopic (exact) mass is 407 g/mol. The maximum atomic E-state index is 12.7. The van der Waals surface area contributed by atoms with Crippen LogP contribution < -0.4 is 10.6 Å². The second kappa shape index (κ2) is 6.54. The van der Waals surface area contributed by atoms with Crippen molar-refractivity contribution in [3.05, 3.63) is 49.8 Å². The average Bonchev–Trinajstić information content (AvgIpc) is 2.85. The number of hydrogen-bond donors (Lipinski definition) is 2. The molecular formula is C19H19Cl2N3OS. The molecule has 0 bridgehead atoms. The topological polar surface area (TPSA) is 64.9 Å². The first-order valence-electron chi connectivity index (χ1n) is 8.16. The predicted octanol–water partition coefficient (Wildman–Crippen LogP) is 5.34. The van der Waals surface area contributed by atoms with E-state index in [0.717, 1.165) is 16.9 Å². The summed E-state index contributed by atoms with van der Waals surface area (Å²) in [6.45, 7) is 8.40. The molecule has 1 amide bonds. The van der Waals surface area contributed by atoms with Crippen LogP contribution in [0.5, 0.6) is 0 Å². The molecule has 3 rings (SSSR count). The third kappa shape index (κ3) is 3.47. The largest absolute Gasteiger partial charge is 0.312 e. The fraction of sp³-hybridized carbons (Fsp3) is 0.368. The Labute approximate surface area is 167 Å². The van der Waals surface area contributed by atoms with Crippen molar-refractivity contribution in [2.45, 2.75) is 45.2 Å². The van der Waals surface area contributed by atoms with Gasteiger partial charge in [0.15, 0.2) is 0 Å². The van der Waals surface area contributed by atoms with Gasteiger partial charge in [0, 0.05) is 21.0 Å². The van der Waals surface area contributed by atoms with Crippen LogP contribution in [0, 0.1) is 11.3 Å². The number of thiophene rings is 1. The molecule has 2 N–H and O–H groups in total. The Morgan fingerprint density at radius 1 is 1.31 bits per heavy atom. The maximum absolute atomic E-state index is 12.7. The quantitative estimate of drug-likeness (QED) is 0.705. The van der Waals surface area contributed by atoms with E-state index in [1.165, 1.54) is 17.4 Å². The molecule has 1 aromatic heterocycles. The van der Waals surface area contributed by atoms with E-state index in [-0.39, 0.29) is 22.5 Å². The van der Waals surface area contributed by atoms with Crippen molar-refractivity contribution in [2.75, 3.05) is 5.32 Å². The van der Waals surface area contributed by atoms with Gasteiger partial charge >= 0.3 is 0 Å². The minimum absolute atomic E-state index is 0.138. The van der Waals surface area contributed by atoms with Gasteiger partial charge in [-0.1, -0.05) is 23.2 Å². The maximum Gasteiger partial charge on any atom is 0.257 e. The summed E-state index contributed by atoms with van der Waals surface area (Å²) in [5.74, 6) is -0.377. The van der Waals surface area contributed by atoms with Gasteiger partial charge in [-0.25, -0.2) is 0 Å². The van der Waals surface area contributed by atoms with Crippen molar-refractivity contribution in [2.24, 2.45) is 0 Å². The number of carbonyl (C=O) groups excluding carboxylic acids is 1. The molecule has 0 saturated carbocycles. The summed E-state index contributed by atoms with van der Waals surface area (Å²) in [5.41, 5.74) is 1.38. The van der Waals surface area contributed by atoms with E-state index in [2.05, 4.69) is 44.4 Å². The first kappa shape index (κ1) is 19.2. The van der Waals surface area contributed by atoms with Crippen molar-refractivity contribution < 1.29 is 4.79 Å². The van der Waals surface area contributed by atoms with Crippen LogP contribution >= 0.6 is 34.5 Å². The van der Waals surface area contributed by atoms with Crippen LogP contribution in [-0.2, 0) is 12.0 Å². The zero-order valence-corrected chi connectivity index (χ0v) is 17.3. The molecule has 1 aliphatic heterocycles. The summed E-state index contributed by atoms with van der Waals surface area (Å²) < 4.78 is 0. The number of anilines is 1. The Bertz CT molecular complexity index is 941. The SMILES string of the molecule is CC1(C)Cc2c(sc(NC(=O)c3cc(Cl)ccc3Cl)c2C#N)C(C)(C)N1. The van der Waals surface area contributed by atoms with E-state index in [4.69, 9.17) is 23.2 Å². The van der Waals surface area contributed by atoms with Crippen LogP contribution in [0.3, 0.4) is 0 Å². The van der Waals surface area contributed by atoms with E-state index < -0.39 is 0 Å². The molecule has 2 heterocycles. The average molecular weight is 408 g/mol. The second-order valence-electron chi connectivity index (χ2n) is 7.61. The minimum atomic E-state index is -0.377. The Kier molecular flexibility index (Phi) is 4.83. The number of nitriles is 1. The molecule has 2 aromatic rings. The number of amides is 1.